The SMILES string of the molecule is C=CCOC(=N)CC(N)=O. The third-order valence-corrected chi connectivity index (χ3v) is 0.710. The molecule has 4 nitrogen and oxygen atoms in total. The number of nitrogens with two attached hydrogens (primary N) is 1. The first-order chi connectivity index (χ1) is 4.66. The van der Waals surface area contributed by atoms with Gasteiger partial charge in [-0.25, -0.2) is 0 Å². The fourth-order valence-corrected chi connectivity index (χ4v) is 0.369. The van der Waals surface area contributed by atoms with Gasteiger partial charge in [-0.1, -0.05) is 12.7 Å². The standard InChI is InChI=1S/C6H10N2O2/c1-2-3-10-6(8)4-5(7)9/h2,8H,1,3-4H2,(H2,7,9). The van der Waals surface area contributed by atoms with Crippen molar-refractivity contribution in [3.05, 3.63) is 12.7 Å². The fourth-order valence-electron chi connectivity index (χ4n) is 0.369. The lowest BCUT2D eigenvalue weighted by molar-refractivity contribution is -0.117. The van der Waals surface area contributed by atoms with Gasteiger partial charge in [0.05, 0.1) is 0 Å². The minimum atomic E-state index is -0.561. The van der Waals surface area contributed by atoms with E-state index < -0.39 is 5.91 Å². The van der Waals surface area contributed by atoms with Crippen LogP contribution in [0, 0.1) is 5.41 Å². The summed E-state index contributed by atoms with van der Waals surface area (Å²) in [7, 11) is 0. The maximum absolute atomic E-state index is 10.1. The fraction of sp³-hybridized carbons (Fsp3) is 0.333. The molecule has 10 heavy (non-hydrogen) atoms. The smallest absolute Gasteiger partial charge is 0.226 e. The predicted molar refractivity (Wildman–Crippen MR) is 37.7 cm³/mol. The Labute approximate surface area is 59.2 Å². The van der Waals surface area contributed by atoms with Crippen LogP contribution in [-0.4, -0.2) is 18.4 Å². The number of carbonyl (C=O) groups excluding carboxylic acids is 1. The summed E-state index contributed by atoms with van der Waals surface area (Å²) in [6.45, 7) is 3.62. The Balaban J connectivity index is 3.43. The summed E-state index contributed by atoms with van der Waals surface area (Å²) in [4.78, 5) is 10.1. The zero-order chi connectivity index (χ0) is 7.98. The van der Waals surface area contributed by atoms with Crippen molar-refractivity contribution < 1.29 is 9.53 Å². The van der Waals surface area contributed by atoms with Crippen molar-refractivity contribution in [2.45, 2.75) is 6.42 Å². The molecule has 0 aromatic carbocycles. The number of rotatable bonds is 4. The molecule has 0 atom stereocenters. The van der Waals surface area contributed by atoms with E-state index in [1.807, 2.05) is 0 Å². The van der Waals surface area contributed by atoms with Gasteiger partial charge in [0.15, 0.2) is 5.90 Å². The van der Waals surface area contributed by atoms with Gasteiger partial charge in [-0.2, -0.15) is 0 Å². The number of primary amides is 1. The van der Waals surface area contributed by atoms with Crippen LogP contribution in [0.3, 0.4) is 0 Å². The Morgan fingerprint density at radius 3 is 2.80 bits per heavy atom. The van der Waals surface area contributed by atoms with Crippen molar-refractivity contribution in [2.24, 2.45) is 5.73 Å². The van der Waals surface area contributed by atoms with E-state index in [0.717, 1.165) is 0 Å². The highest BCUT2D eigenvalue weighted by molar-refractivity contribution is 5.94. The summed E-state index contributed by atoms with van der Waals surface area (Å²) < 4.78 is 4.67. The zero-order valence-corrected chi connectivity index (χ0v) is 5.59. The van der Waals surface area contributed by atoms with E-state index in [-0.39, 0.29) is 18.9 Å². The number of amides is 1. The van der Waals surface area contributed by atoms with E-state index >= 15 is 0 Å². The molecular weight excluding hydrogens is 132 g/mol. The molecule has 56 valence electrons. The van der Waals surface area contributed by atoms with E-state index in [0.29, 0.717) is 0 Å². The van der Waals surface area contributed by atoms with Crippen LogP contribution in [-0.2, 0) is 9.53 Å². The molecule has 0 saturated heterocycles. The molecule has 0 aromatic rings. The van der Waals surface area contributed by atoms with E-state index in [1.165, 1.54) is 6.08 Å². The summed E-state index contributed by atoms with van der Waals surface area (Å²) in [5.74, 6) is -0.679. The summed E-state index contributed by atoms with van der Waals surface area (Å²) in [5.41, 5.74) is 4.78. The van der Waals surface area contributed by atoms with Gasteiger partial charge in [-0.3, -0.25) is 10.2 Å². The molecule has 3 N–H and O–H groups in total. The van der Waals surface area contributed by atoms with Gasteiger partial charge in [0, 0.05) is 0 Å². The van der Waals surface area contributed by atoms with Crippen LogP contribution >= 0.6 is 0 Å². The monoisotopic (exact) mass is 142 g/mol. The summed E-state index contributed by atoms with van der Waals surface area (Å²) >= 11 is 0. The Kier molecular flexibility index (Phi) is 3.95. The van der Waals surface area contributed by atoms with E-state index in [4.69, 9.17) is 11.1 Å². The Morgan fingerprint density at radius 1 is 1.80 bits per heavy atom. The number of ether oxygens (including phenoxy) is 1. The Morgan fingerprint density at radius 2 is 2.40 bits per heavy atom. The van der Waals surface area contributed by atoms with Crippen LogP contribution < -0.4 is 5.73 Å². The first kappa shape index (κ1) is 8.68. The molecular formula is C6H10N2O2. The molecule has 0 heterocycles. The van der Waals surface area contributed by atoms with Gasteiger partial charge >= 0.3 is 0 Å². The second kappa shape index (κ2) is 4.55. The van der Waals surface area contributed by atoms with Gasteiger partial charge in [0.2, 0.25) is 5.91 Å². The predicted octanol–water partition coefficient (Wildman–Crippen LogP) is 0.0417. The average Bonchev–Trinajstić information content (AvgIpc) is 1.82. The molecule has 0 radical (unpaired) electrons. The van der Waals surface area contributed by atoms with Gasteiger partial charge in [0.25, 0.3) is 0 Å². The molecule has 4 heteroatoms. The highest BCUT2D eigenvalue weighted by Gasteiger charge is 2.00. The molecule has 0 aliphatic carbocycles. The van der Waals surface area contributed by atoms with Gasteiger partial charge in [-0.15, -0.1) is 0 Å². The van der Waals surface area contributed by atoms with Crippen molar-refractivity contribution in [2.75, 3.05) is 6.61 Å². The lowest BCUT2D eigenvalue weighted by Gasteiger charge is -2.00. The summed E-state index contributed by atoms with van der Waals surface area (Å²) in [6, 6.07) is 0. The maximum atomic E-state index is 10.1. The zero-order valence-electron chi connectivity index (χ0n) is 5.59. The van der Waals surface area contributed by atoms with Crippen LogP contribution in [0.2, 0.25) is 0 Å². The van der Waals surface area contributed by atoms with E-state index in [1.54, 1.807) is 0 Å². The summed E-state index contributed by atoms with van der Waals surface area (Å²) in [5, 5.41) is 6.95. The number of hydrogen-bond donors (Lipinski definition) is 2. The quantitative estimate of drug-likeness (QED) is 0.330. The highest BCUT2D eigenvalue weighted by Crippen LogP contribution is 1.84. The molecule has 0 spiro atoms. The molecule has 0 fully saturated rings. The third kappa shape index (κ3) is 4.83. The van der Waals surface area contributed by atoms with Crippen LogP contribution in [0.1, 0.15) is 6.42 Å². The van der Waals surface area contributed by atoms with Gasteiger partial charge in [-0.05, 0) is 0 Å². The molecule has 1 amide bonds. The molecule has 0 unspecified atom stereocenters. The molecule has 0 rings (SSSR count). The first-order valence-corrected chi connectivity index (χ1v) is 2.76. The average molecular weight is 142 g/mol. The first-order valence-electron chi connectivity index (χ1n) is 2.76. The topological polar surface area (TPSA) is 76.2 Å². The Bertz CT molecular complexity index is 154. The van der Waals surface area contributed by atoms with Crippen molar-refractivity contribution in [1.82, 2.24) is 0 Å². The molecule has 0 aromatic heterocycles. The highest BCUT2D eigenvalue weighted by atomic mass is 16.5. The van der Waals surface area contributed by atoms with Crippen LogP contribution in [0.25, 0.3) is 0 Å². The van der Waals surface area contributed by atoms with Crippen molar-refractivity contribution in [3.63, 3.8) is 0 Å². The third-order valence-electron chi connectivity index (χ3n) is 0.710. The van der Waals surface area contributed by atoms with Crippen LogP contribution in [0.4, 0.5) is 0 Å². The largest absolute Gasteiger partial charge is 0.477 e. The maximum Gasteiger partial charge on any atom is 0.226 e. The normalized spacial score (nSPS) is 8.40. The summed E-state index contributed by atoms with van der Waals surface area (Å²) in [6.07, 6.45) is 1.35. The minimum absolute atomic E-state index is 0.118. The lowest BCUT2D eigenvalue weighted by atomic mass is 10.4. The lowest BCUT2D eigenvalue weighted by Crippen LogP contribution is -2.17. The number of carbonyl (C=O) groups is 1. The minimum Gasteiger partial charge on any atom is -0.477 e. The molecule has 0 aliphatic rings. The van der Waals surface area contributed by atoms with Crippen molar-refractivity contribution in [3.8, 4) is 0 Å². The van der Waals surface area contributed by atoms with Gasteiger partial charge in [0.1, 0.15) is 13.0 Å². The molecule has 0 aliphatic heterocycles. The number of nitrogens with one attached hydrogen (secondary N) is 1. The molecule has 0 saturated carbocycles. The van der Waals surface area contributed by atoms with Gasteiger partial charge < -0.3 is 10.5 Å². The van der Waals surface area contributed by atoms with Crippen LogP contribution in [0.15, 0.2) is 12.7 Å². The van der Waals surface area contributed by atoms with E-state index in [2.05, 4.69) is 11.3 Å². The second-order valence-corrected chi connectivity index (χ2v) is 1.67. The van der Waals surface area contributed by atoms with E-state index in [9.17, 15) is 4.79 Å². The number of hydrogen-bond acceptors (Lipinski definition) is 3. The second-order valence-electron chi connectivity index (χ2n) is 1.67. The van der Waals surface area contributed by atoms with Crippen molar-refractivity contribution in [1.29, 1.82) is 5.41 Å². The Hall–Kier alpha value is -1.32. The van der Waals surface area contributed by atoms with Crippen molar-refractivity contribution >= 4 is 11.8 Å². The molecule has 0 bridgehead atoms. The van der Waals surface area contributed by atoms with Crippen LogP contribution in [0.5, 0.6) is 0 Å².